The number of hydrogen-bond donors (Lipinski definition) is 0. The number of rotatable bonds is 0. The van der Waals surface area contributed by atoms with Crippen LogP contribution in [0, 0.1) is 12.1 Å². The van der Waals surface area contributed by atoms with Crippen LogP contribution in [0.4, 0.5) is 0 Å². The summed E-state index contributed by atoms with van der Waals surface area (Å²) in [7, 11) is 0. The Hall–Kier alpha value is -0.470. The molecule has 0 amide bonds. The largest absolute Gasteiger partial charge is 0.618 e. The predicted octanol–water partition coefficient (Wildman–Crippen LogP) is 1.94. The van der Waals surface area contributed by atoms with Crippen molar-refractivity contribution in [2.24, 2.45) is 0 Å². The van der Waals surface area contributed by atoms with E-state index in [-0.39, 0.29) is 0 Å². The van der Waals surface area contributed by atoms with E-state index in [1.165, 1.54) is 12.3 Å². The first kappa shape index (κ1) is 7.63. The van der Waals surface area contributed by atoms with Gasteiger partial charge in [-0.05, 0) is 0 Å². The van der Waals surface area contributed by atoms with E-state index in [9.17, 15) is 5.21 Å². The van der Waals surface area contributed by atoms with Gasteiger partial charge in [0.2, 0.25) is 5.69 Å². The molecular formula is C6H5Cl2NO. The van der Waals surface area contributed by atoms with Gasteiger partial charge in [0.15, 0.2) is 6.20 Å². The SMILES string of the molecule is Cc1c(Cl)c(Cl)cc[n+]1[O-]. The van der Waals surface area contributed by atoms with Crippen molar-refractivity contribution in [1.82, 2.24) is 0 Å². The van der Waals surface area contributed by atoms with E-state index in [4.69, 9.17) is 23.2 Å². The number of pyridine rings is 1. The van der Waals surface area contributed by atoms with Crippen molar-refractivity contribution in [2.45, 2.75) is 6.92 Å². The molecule has 0 spiro atoms. The molecule has 2 nitrogen and oxygen atoms in total. The molecule has 0 bridgehead atoms. The number of nitrogens with zero attached hydrogens (tertiary/aromatic N) is 1. The maximum atomic E-state index is 10.8. The Morgan fingerprint density at radius 3 is 2.60 bits per heavy atom. The van der Waals surface area contributed by atoms with Crippen molar-refractivity contribution in [3.63, 3.8) is 0 Å². The van der Waals surface area contributed by atoms with Crippen LogP contribution in [0.15, 0.2) is 12.3 Å². The molecule has 0 saturated carbocycles. The summed E-state index contributed by atoms with van der Waals surface area (Å²) in [6.07, 6.45) is 1.32. The van der Waals surface area contributed by atoms with Gasteiger partial charge in [0.05, 0.1) is 5.02 Å². The first-order chi connectivity index (χ1) is 4.63. The van der Waals surface area contributed by atoms with Crippen molar-refractivity contribution in [2.75, 3.05) is 0 Å². The van der Waals surface area contributed by atoms with Gasteiger partial charge >= 0.3 is 0 Å². The highest BCUT2D eigenvalue weighted by molar-refractivity contribution is 6.42. The molecule has 1 aromatic rings. The quantitative estimate of drug-likeness (QED) is 0.440. The summed E-state index contributed by atoms with van der Waals surface area (Å²) in [4.78, 5) is 0. The molecule has 0 aliphatic heterocycles. The summed E-state index contributed by atoms with van der Waals surface area (Å²) in [5.41, 5.74) is 0.425. The number of halogens is 2. The maximum absolute atomic E-state index is 10.8. The molecule has 0 radical (unpaired) electrons. The maximum Gasteiger partial charge on any atom is 0.209 e. The number of hydrogen-bond acceptors (Lipinski definition) is 1. The molecule has 0 N–H and O–H groups in total. The number of aromatic nitrogens is 1. The van der Waals surface area contributed by atoms with Crippen LogP contribution in [0.3, 0.4) is 0 Å². The second-order valence-corrected chi connectivity index (χ2v) is 2.67. The van der Waals surface area contributed by atoms with E-state index in [0.29, 0.717) is 20.5 Å². The van der Waals surface area contributed by atoms with Crippen molar-refractivity contribution >= 4 is 23.2 Å². The van der Waals surface area contributed by atoms with E-state index in [1.807, 2.05) is 0 Å². The van der Waals surface area contributed by atoms with Gasteiger partial charge in [0, 0.05) is 13.0 Å². The second kappa shape index (κ2) is 2.64. The van der Waals surface area contributed by atoms with Gasteiger partial charge in [0.25, 0.3) is 0 Å². The fourth-order valence-electron chi connectivity index (χ4n) is 0.588. The van der Waals surface area contributed by atoms with Gasteiger partial charge in [-0.15, -0.1) is 0 Å². The zero-order chi connectivity index (χ0) is 7.72. The van der Waals surface area contributed by atoms with Crippen LogP contribution in [0.5, 0.6) is 0 Å². The molecule has 4 heteroatoms. The van der Waals surface area contributed by atoms with Crippen molar-refractivity contribution in [3.05, 3.63) is 33.2 Å². The summed E-state index contributed by atoms with van der Waals surface area (Å²) in [5.74, 6) is 0. The first-order valence-corrected chi connectivity index (χ1v) is 3.42. The Morgan fingerprint density at radius 2 is 2.10 bits per heavy atom. The molecule has 1 heterocycles. The fraction of sp³-hybridized carbons (Fsp3) is 0.167. The molecular weight excluding hydrogens is 173 g/mol. The van der Waals surface area contributed by atoms with Crippen LogP contribution in [-0.4, -0.2) is 0 Å². The van der Waals surface area contributed by atoms with E-state index in [1.54, 1.807) is 6.92 Å². The molecule has 10 heavy (non-hydrogen) atoms. The lowest BCUT2D eigenvalue weighted by Gasteiger charge is -2.01. The van der Waals surface area contributed by atoms with Gasteiger partial charge in [-0.25, -0.2) is 0 Å². The Morgan fingerprint density at radius 1 is 1.50 bits per heavy atom. The van der Waals surface area contributed by atoms with Crippen LogP contribution < -0.4 is 4.73 Å². The molecule has 0 aromatic carbocycles. The van der Waals surface area contributed by atoms with Gasteiger partial charge in [-0.1, -0.05) is 23.2 Å². The zero-order valence-corrected chi connectivity index (χ0v) is 6.78. The summed E-state index contributed by atoms with van der Waals surface area (Å²) in [5, 5.41) is 11.5. The second-order valence-electron chi connectivity index (χ2n) is 1.89. The molecule has 0 fully saturated rings. The molecule has 0 atom stereocenters. The minimum atomic E-state index is 0.319. The van der Waals surface area contributed by atoms with Crippen LogP contribution >= 0.6 is 23.2 Å². The molecule has 1 aromatic heterocycles. The summed E-state index contributed by atoms with van der Waals surface area (Å²) >= 11 is 11.2. The molecule has 0 saturated heterocycles. The highest BCUT2D eigenvalue weighted by atomic mass is 35.5. The van der Waals surface area contributed by atoms with Gasteiger partial charge in [-0.2, -0.15) is 4.73 Å². The summed E-state index contributed by atoms with van der Waals surface area (Å²) in [6.45, 7) is 1.61. The van der Waals surface area contributed by atoms with Crippen molar-refractivity contribution < 1.29 is 4.73 Å². The van der Waals surface area contributed by atoms with Crippen LogP contribution in [-0.2, 0) is 0 Å². The first-order valence-electron chi connectivity index (χ1n) is 2.66. The van der Waals surface area contributed by atoms with E-state index < -0.39 is 0 Å². The topological polar surface area (TPSA) is 26.9 Å². The predicted molar refractivity (Wildman–Crippen MR) is 40.2 cm³/mol. The summed E-state index contributed by atoms with van der Waals surface area (Å²) < 4.78 is 0.675. The Kier molecular flexibility index (Phi) is 2.02. The average molecular weight is 178 g/mol. The lowest BCUT2D eigenvalue weighted by Crippen LogP contribution is -2.29. The zero-order valence-electron chi connectivity index (χ0n) is 5.27. The Labute approximate surface area is 68.6 Å². The molecule has 0 unspecified atom stereocenters. The minimum absolute atomic E-state index is 0.319. The normalized spacial score (nSPS) is 9.90. The van der Waals surface area contributed by atoms with Crippen LogP contribution in [0.2, 0.25) is 10.0 Å². The average Bonchev–Trinajstić information content (AvgIpc) is 1.93. The van der Waals surface area contributed by atoms with E-state index in [2.05, 4.69) is 0 Å². The molecule has 1 rings (SSSR count). The van der Waals surface area contributed by atoms with E-state index in [0.717, 1.165) is 0 Å². The van der Waals surface area contributed by atoms with Crippen LogP contribution in [0.1, 0.15) is 5.69 Å². The molecule has 54 valence electrons. The fourth-order valence-corrected chi connectivity index (χ4v) is 0.927. The highest BCUT2D eigenvalue weighted by Crippen LogP contribution is 2.21. The third-order valence-corrected chi connectivity index (χ3v) is 2.10. The standard InChI is InChI=1S/C6H5Cl2NO/c1-4-6(8)5(7)2-3-9(4)10/h2-3H,1H3. The van der Waals surface area contributed by atoms with Crippen LogP contribution in [0.25, 0.3) is 0 Å². The highest BCUT2D eigenvalue weighted by Gasteiger charge is 2.07. The lowest BCUT2D eigenvalue weighted by molar-refractivity contribution is -0.612. The van der Waals surface area contributed by atoms with E-state index >= 15 is 0 Å². The van der Waals surface area contributed by atoms with Gasteiger partial charge in [-0.3, -0.25) is 0 Å². The van der Waals surface area contributed by atoms with Gasteiger partial charge < -0.3 is 5.21 Å². The Balaban J connectivity index is 3.34. The molecule has 0 aliphatic rings. The third-order valence-electron chi connectivity index (χ3n) is 1.21. The Bertz CT molecular complexity index is 235. The van der Waals surface area contributed by atoms with Gasteiger partial charge in [0.1, 0.15) is 5.02 Å². The third kappa shape index (κ3) is 1.18. The smallest absolute Gasteiger partial charge is 0.209 e. The lowest BCUT2D eigenvalue weighted by atomic mass is 10.4. The monoisotopic (exact) mass is 177 g/mol. The molecule has 0 aliphatic carbocycles. The van der Waals surface area contributed by atoms with Crippen molar-refractivity contribution in [1.29, 1.82) is 0 Å². The minimum Gasteiger partial charge on any atom is -0.618 e. The summed E-state index contributed by atoms with van der Waals surface area (Å²) in [6, 6.07) is 1.46. The van der Waals surface area contributed by atoms with Crippen molar-refractivity contribution in [3.8, 4) is 0 Å².